The molecular weight excluding hydrogens is 388 g/mol. The van der Waals surface area contributed by atoms with Crippen LogP contribution in [0.5, 0.6) is 0 Å². The number of benzene rings is 1. The van der Waals surface area contributed by atoms with Crippen molar-refractivity contribution < 1.29 is 18.0 Å². The molecule has 27 heavy (non-hydrogen) atoms. The smallest absolute Gasteiger partial charge is 0.238 e. The first-order valence-corrected chi connectivity index (χ1v) is 10.8. The average molecular weight is 409 g/mol. The summed E-state index contributed by atoms with van der Waals surface area (Å²) < 4.78 is 23.2. The largest absolute Gasteiger partial charge is 0.325 e. The number of rotatable bonds is 5. The SMILES string of the molecule is Cc1cc(S(N)(=O)=O)cc(NC(=O)Cc2csc(N3CCCC3=O)n2)c1C. The first-order valence-electron chi connectivity index (χ1n) is 8.34. The van der Waals surface area contributed by atoms with Gasteiger partial charge in [-0.2, -0.15) is 0 Å². The molecule has 3 N–H and O–H groups in total. The zero-order valence-electron chi connectivity index (χ0n) is 15.0. The number of aryl methyl sites for hydroxylation is 1. The maximum Gasteiger partial charge on any atom is 0.238 e. The first kappa shape index (κ1) is 19.5. The van der Waals surface area contributed by atoms with Gasteiger partial charge in [-0.1, -0.05) is 0 Å². The minimum absolute atomic E-state index is 0.0244. The number of aromatic nitrogens is 1. The Hall–Kier alpha value is -2.30. The number of anilines is 2. The van der Waals surface area contributed by atoms with Gasteiger partial charge >= 0.3 is 0 Å². The minimum atomic E-state index is -3.87. The molecule has 0 saturated carbocycles. The molecule has 3 rings (SSSR count). The van der Waals surface area contributed by atoms with Gasteiger partial charge in [-0.3, -0.25) is 14.5 Å². The van der Waals surface area contributed by atoms with Gasteiger partial charge in [0.25, 0.3) is 0 Å². The highest BCUT2D eigenvalue weighted by Gasteiger charge is 2.24. The maximum atomic E-state index is 12.4. The number of nitrogens with one attached hydrogen (secondary N) is 1. The molecule has 8 nitrogen and oxygen atoms in total. The Balaban J connectivity index is 1.74. The summed E-state index contributed by atoms with van der Waals surface area (Å²) in [6.45, 7) is 4.19. The molecule has 2 aromatic rings. The van der Waals surface area contributed by atoms with Crippen LogP contribution in [-0.4, -0.2) is 31.8 Å². The number of sulfonamides is 1. The Labute approximate surface area is 161 Å². The molecule has 144 valence electrons. The highest BCUT2D eigenvalue weighted by molar-refractivity contribution is 7.89. The lowest BCUT2D eigenvalue weighted by molar-refractivity contribution is -0.117. The van der Waals surface area contributed by atoms with Crippen molar-refractivity contribution in [2.75, 3.05) is 16.8 Å². The van der Waals surface area contributed by atoms with Gasteiger partial charge in [0.05, 0.1) is 17.0 Å². The van der Waals surface area contributed by atoms with Crippen molar-refractivity contribution in [1.29, 1.82) is 0 Å². The standard InChI is InChI=1S/C17H20N4O4S2/c1-10-6-13(27(18,24)25)8-14(11(10)2)20-15(22)7-12-9-26-17(19-12)21-5-3-4-16(21)23/h6,8-9H,3-5,7H2,1-2H3,(H,20,22)(H2,18,24,25). The summed E-state index contributed by atoms with van der Waals surface area (Å²) in [7, 11) is -3.87. The van der Waals surface area contributed by atoms with Crippen LogP contribution in [0.15, 0.2) is 22.4 Å². The molecule has 1 saturated heterocycles. The summed E-state index contributed by atoms with van der Waals surface area (Å²) in [5, 5.41) is 10.3. The molecule has 1 aromatic carbocycles. The topological polar surface area (TPSA) is 122 Å². The molecule has 0 aliphatic carbocycles. The predicted octanol–water partition coefficient (Wildman–Crippen LogP) is 1.72. The third kappa shape index (κ3) is 4.34. The van der Waals surface area contributed by atoms with Crippen LogP contribution in [0.4, 0.5) is 10.8 Å². The summed E-state index contributed by atoms with van der Waals surface area (Å²) in [5.74, 6) is -0.278. The van der Waals surface area contributed by atoms with E-state index in [4.69, 9.17) is 5.14 Å². The fourth-order valence-corrected chi connectivity index (χ4v) is 4.32. The number of nitrogens with two attached hydrogens (primary N) is 1. The van der Waals surface area contributed by atoms with Crippen molar-refractivity contribution in [2.45, 2.75) is 38.0 Å². The maximum absolute atomic E-state index is 12.4. The van der Waals surface area contributed by atoms with Gasteiger partial charge in [0.15, 0.2) is 5.13 Å². The third-order valence-corrected chi connectivity index (χ3v) is 6.23. The number of carbonyl (C=O) groups excluding carboxylic acids is 2. The second kappa shape index (κ2) is 7.37. The van der Waals surface area contributed by atoms with Gasteiger partial charge < -0.3 is 5.32 Å². The predicted molar refractivity (Wildman–Crippen MR) is 103 cm³/mol. The number of hydrogen-bond acceptors (Lipinski definition) is 6. The van der Waals surface area contributed by atoms with Crippen LogP contribution < -0.4 is 15.4 Å². The van der Waals surface area contributed by atoms with E-state index in [1.807, 2.05) is 0 Å². The lowest BCUT2D eigenvalue weighted by Gasteiger charge is -2.12. The Morgan fingerprint density at radius 3 is 2.74 bits per heavy atom. The van der Waals surface area contributed by atoms with E-state index in [0.29, 0.717) is 35.0 Å². The van der Waals surface area contributed by atoms with E-state index >= 15 is 0 Å². The monoisotopic (exact) mass is 408 g/mol. The van der Waals surface area contributed by atoms with Crippen LogP contribution >= 0.6 is 11.3 Å². The summed E-state index contributed by atoms with van der Waals surface area (Å²) in [6, 6.07) is 2.82. The molecule has 1 aromatic heterocycles. The highest BCUT2D eigenvalue weighted by Crippen LogP contribution is 2.26. The quantitative estimate of drug-likeness (QED) is 0.780. The number of amides is 2. The normalized spacial score (nSPS) is 14.6. The molecule has 2 amide bonds. The molecule has 1 aliphatic rings. The molecule has 2 heterocycles. The van der Waals surface area contributed by atoms with Crippen LogP contribution in [0.2, 0.25) is 0 Å². The van der Waals surface area contributed by atoms with Gasteiger partial charge in [0, 0.05) is 24.0 Å². The lowest BCUT2D eigenvalue weighted by Crippen LogP contribution is -2.23. The van der Waals surface area contributed by atoms with Crippen molar-refractivity contribution in [2.24, 2.45) is 5.14 Å². The molecule has 0 bridgehead atoms. The number of primary sulfonamides is 1. The molecule has 0 radical (unpaired) electrons. The Bertz CT molecular complexity index is 1010. The number of thiazole rings is 1. The van der Waals surface area contributed by atoms with Crippen molar-refractivity contribution in [3.8, 4) is 0 Å². The third-order valence-electron chi connectivity index (χ3n) is 4.43. The minimum Gasteiger partial charge on any atom is -0.325 e. The molecule has 10 heteroatoms. The van der Waals surface area contributed by atoms with Gasteiger partial charge in [0.2, 0.25) is 21.8 Å². The Morgan fingerprint density at radius 2 is 2.11 bits per heavy atom. The number of hydrogen-bond donors (Lipinski definition) is 2. The van der Waals surface area contributed by atoms with Gasteiger partial charge in [-0.15, -0.1) is 11.3 Å². The van der Waals surface area contributed by atoms with Crippen LogP contribution in [0.1, 0.15) is 29.7 Å². The van der Waals surface area contributed by atoms with Crippen molar-refractivity contribution in [3.05, 3.63) is 34.3 Å². The number of nitrogens with zero attached hydrogens (tertiary/aromatic N) is 2. The van der Waals surface area contributed by atoms with Crippen LogP contribution in [0, 0.1) is 13.8 Å². The lowest BCUT2D eigenvalue weighted by atomic mass is 10.1. The van der Waals surface area contributed by atoms with E-state index in [-0.39, 0.29) is 23.1 Å². The summed E-state index contributed by atoms with van der Waals surface area (Å²) in [6.07, 6.45) is 1.36. The molecule has 1 fully saturated rings. The fourth-order valence-electron chi connectivity index (χ4n) is 2.83. The van der Waals surface area contributed by atoms with Gasteiger partial charge in [0.1, 0.15) is 0 Å². The molecule has 0 atom stereocenters. The second-order valence-electron chi connectivity index (χ2n) is 6.45. The van der Waals surface area contributed by atoms with Crippen LogP contribution in [0.25, 0.3) is 0 Å². The first-order chi connectivity index (χ1) is 12.6. The van der Waals surface area contributed by atoms with Crippen molar-refractivity contribution in [3.63, 3.8) is 0 Å². The van der Waals surface area contributed by atoms with E-state index in [1.165, 1.54) is 23.5 Å². The summed E-state index contributed by atoms with van der Waals surface area (Å²) in [5.41, 5.74) is 2.43. The Kier molecular flexibility index (Phi) is 5.31. The van der Waals surface area contributed by atoms with Crippen LogP contribution in [0.3, 0.4) is 0 Å². The van der Waals surface area contributed by atoms with Gasteiger partial charge in [-0.05, 0) is 43.5 Å². The zero-order chi connectivity index (χ0) is 19.8. The van der Waals surface area contributed by atoms with Gasteiger partial charge in [-0.25, -0.2) is 18.5 Å². The van der Waals surface area contributed by atoms with E-state index in [9.17, 15) is 18.0 Å². The summed E-state index contributed by atoms with van der Waals surface area (Å²) in [4.78, 5) is 30.1. The van der Waals surface area contributed by atoms with Crippen molar-refractivity contribution >= 4 is 44.0 Å². The van der Waals surface area contributed by atoms with Crippen LogP contribution in [-0.2, 0) is 26.0 Å². The van der Waals surface area contributed by atoms with E-state index in [0.717, 1.165) is 12.0 Å². The van der Waals surface area contributed by atoms with E-state index < -0.39 is 10.0 Å². The second-order valence-corrected chi connectivity index (χ2v) is 8.85. The molecule has 0 spiro atoms. The zero-order valence-corrected chi connectivity index (χ0v) is 16.6. The summed E-state index contributed by atoms with van der Waals surface area (Å²) >= 11 is 1.33. The number of carbonyl (C=O) groups is 2. The Morgan fingerprint density at radius 1 is 1.37 bits per heavy atom. The van der Waals surface area contributed by atoms with E-state index in [2.05, 4.69) is 10.3 Å². The fraction of sp³-hybridized carbons (Fsp3) is 0.353. The average Bonchev–Trinajstić information content (AvgIpc) is 3.19. The molecule has 1 aliphatic heterocycles. The molecular formula is C17H20N4O4S2. The highest BCUT2D eigenvalue weighted by atomic mass is 32.2. The molecule has 0 unspecified atom stereocenters. The van der Waals surface area contributed by atoms with E-state index in [1.54, 1.807) is 24.1 Å². The van der Waals surface area contributed by atoms with Crippen molar-refractivity contribution in [1.82, 2.24) is 4.98 Å².